The molecule has 6 heteroatoms. The molecule has 27 heavy (non-hydrogen) atoms. The van der Waals surface area contributed by atoms with Crippen molar-refractivity contribution < 1.29 is 14.3 Å². The smallest absolute Gasteiger partial charge is 0.328 e. The summed E-state index contributed by atoms with van der Waals surface area (Å²) in [5.74, 6) is -0.641. The number of aromatic nitrogens is 1. The minimum Gasteiger partial charge on any atom is -0.467 e. The van der Waals surface area contributed by atoms with Crippen LogP contribution >= 0.6 is 11.6 Å². The van der Waals surface area contributed by atoms with Gasteiger partial charge in [-0.3, -0.25) is 4.79 Å². The number of halogens is 1. The number of benzene rings is 2. The van der Waals surface area contributed by atoms with Gasteiger partial charge in [0.25, 0.3) is 0 Å². The van der Waals surface area contributed by atoms with Crippen LogP contribution < -0.4 is 0 Å². The molecule has 0 saturated heterocycles. The summed E-state index contributed by atoms with van der Waals surface area (Å²) < 4.78 is 5.01. The van der Waals surface area contributed by atoms with Gasteiger partial charge in [-0.05, 0) is 23.3 Å². The third-order valence-electron chi connectivity index (χ3n) is 5.17. The number of ether oxygens (including phenoxy) is 1. The van der Waals surface area contributed by atoms with Crippen LogP contribution in [0.15, 0.2) is 48.5 Å². The van der Waals surface area contributed by atoms with E-state index in [9.17, 15) is 9.59 Å². The molecule has 0 bridgehead atoms. The minimum atomic E-state index is -0.708. The number of methoxy groups -OCH3 is 1. The van der Waals surface area contributed by atoms with Crippen molar-refractivity contribution >= 4 is 34.4 Å². The van der Waals surface area contributed by atoms with Gasteiger partial charge in [0, 0.05) is 35.0 Å². The Morgan fingerprint density at radius 3 is 2.56 bits per heavy atom. The van der Waals surface area contributed by atoms with Crippen LogP contribution in [0.5, 0.6) is 0 Å². The van der Waals surface area contributed by atoms with E-state index < -0.39 is 18.1 Å². The van der Waals surface area contributed by atoms with Gasteiger partial charge in [-0.2, -0.15) is 0 Å². The highest BCUT2D eigenvalue weighted by Gasteiger charge is 2.43. The minimum absolute atomic E-state index is 0.209. The fourth-order valence-corrected chi connectivity index (χ4v) is 4.26. The van der Waals surface area contributed by atoms with Crippen LogP contribution in [0, 0.1) is 0 Å². The van der Waals surface area contributed by atoms with Crippen molar-refractivity contribution in [1.29, 1.82) is 0 Å². The summed E-state index contributed by atoms with van der Waals surface area (Å²) in [5.41, 5.74) is 3.65. The molecule has 1 aromatic heterocycles. The first kappa shape index (κ1) is 17.6. The second kappa shape index (κ2) is 6.74. The summed E-state index contributed by atoms with van der Waals surface area (Å²) in [4.78, 5) is 30.2. The van der Waals surface area contributed by atoms with Crippen LogP contribution in [-0.2, 0) is 20.7 Å². The van der Waals surface area contributed by atoms with E-state index in [1.807, 2.05) is 42.5 Å². The Kier molecular flexibility index (Phi) is 4.40. The Morgan fingerprint density at radius 1 is 1.15 bits per heavy atom. The van der Waals surface area contributed by atoms with E-state index >= 15 is 0 Å². The van der Waals surface area contributed by atoms with Gasteiger partial charge in [0.15, 0.2) is 0 Å². The molecule has 0 fully saturated rings. The van der Waals surface area contributed by atoms with Crippen LogP contribution in [-0.4, -0.2) is 34.9 Å². The zero-order valence-corrected chi connectivity index (χ0v) is 15.8. The zero-order chi connectivity index (χ0) is 19.1. The fraction of sp³-hybridized carbons (Fsp3) is 0.238. The Morgan fingerprint density at radius 2 is 1.85 bits per heavy atom. The lowest BCUT2D eigenvalue weighted by molar-refractivity contribution is -0.154. The van der Waals surface area contributed by atoms with E-state index in [0.29, 0.717) is 11.4 Å². The number of aromatic amines is 1. The first-order chi connectivity index (χ1) is 13.0. The third-order valence-corrected chi connectivity index (χ3v) is 5.51. The number of rotatable bonds is 2. The quantitative estimate of drug-likeness (QED) is 0.684. The Bertz CT molecular complexity index is 1040. The van der Waals surface area contributed by atoms with Crippen LogP contribution in [0.1, 0.15) is 29.8 Å². The summed E-state index contributed by atoms with van der Waals surface area (Å²) in [6.45, 7) is 1.47. The largest absolute Gasteiger partial charge is 0.467 e. The average molecular weight is 383 g/mol. The maximum atomic E-state index is 12.6. The molecule has 1 aliphatic rings. The number of carbonyl (C=O) groups excluding carboxylic acids is 2. The number of hydrogen-bond acceptors (Lipinski definition) is 3. The van der Waals surface area contributed by atoms with E-state index in [2.05, 4.69) is 4.98 Å². The SMILES string of the molecule is COC(=O)C1Cc2c([nH]c3ccccc23)C(c2ccccc2Cl)N1C(C)=O. The molecular formula is C21H19ClN2O3. The molecule has 2 aromatic carbocycles. The highest BCUT2D eigenvalue weighted by molar-refractivity contribution is 6.31. The topological polar surface area (TPSA) is 62.4 Å². The van der Waals surface area contributed by atoms with Crippen molar-refractivity contribution in [2.24, 2.45) is 0 Å². The molecular weight excluding hydrogens is 364 g/mol. The molecule has 1 aliphatic heterocycles. The van der Waals surface area contributed by atoms with Crippen LogP contribution in [0.2, 0.25) is 5.02 Å². The van der Waals surface area contributed by atoms with E-state index in [-0.39, 0.29) is 5.91 Å². The first-order valence-corrected chi connectivity index (χ1v) is 9.11. The van der Waals surface area contributed by atoms with Crippen molar-refractivity contribution in [3.8, 4) is 0 Å². The van der Waals surface area contributed by atoms with Gasteiger partial charge in [-0.1, -0.05) is 48.0 Å². The summed E-state index contributed by atoms with van der Waals surface area (Å²) >= 11 is 6.49. The molecule has 1 N–H and O–H groups in total. The normalized spacial score (nSPS) is 19.0. The molecule has 2 heterocycles. The van der Waals surface area contributed by atoms with Gasteiger partial charge in [0.05, 0.1) is 13.2 Å². The van der Waals surface area contributed by atoms with Crippen molar-refractivity contribution in [2.75, 3.05) is 7.11 Å². The molecule has 138 valence electrons. The standard InChI is InChI=1S/C21H19ClN2O3/c1-12(25)24-18(21(26)27-2)11-15-13-7-4-6-10-17(13)23-19(15)20(24)14-8-3-5-9-16(14)22/h3-10,18,20,23H,11H2,1-2H3. The Labute approximate surface area is 161 Å². The maximum absolute atomic E-state index is 12.6. The summed E-state index contributed by atoms with van der Waals surface area (Å²) in [7, 11) is 1.34. The molecule has 0 aliphatic carbocycles. The average Bonchev–Trinajstić information content (AvgIpc) is 3.05. The highest BCUT2D eigenvalue weighted by atomic mass is 35.5. The number of para-hydroxylation sites is 1. The van der Waals surface area contributed by atoms with Crippen LogP contribution in [0.3, 0.4) is 0 Å². The van der Waals surface area contributed by atoms with Gasteiger partial charge < -0.3 is 14.6 Å². The summed E-state index contributed by atoms with van der Waals surface area (Å²) in [6.07, 6.45) is 0.395. The number of hydrogen-bond donors (Lipinski definition) is 1. The Balaban J connectivity index is 2.01. The van der Waals surface area contributed by atoms with Crippen LogP contribution in [0.4, 0.5) is 0 Å². The van der Waals surface area contributed by atoms with E-state index in [1.54, 1.807) is 11.0 Å². The van der Waals surface area contributed by atoms with Gasteiger partial charge in [0.2, 0.25) is 5.91 Å². The molecule has 4 rings (SSSR count). The first-order valence-electron chi connectivity index (χ1n) is 8.73. The van der Waals surface area contributed by atoms with E-state index in [4.69, 9.17) is 16.3 Å². The van der Waals surface area contributed by atoms with Gasteiger partial charge in [-0.15, -0.1) is 0 Å². The zero-order valence-electron chi connectivity index (χ0n) is 15.0. The molecule has 0 saturated carbocycles. The lowest BCUT2D eigenvalue weighted by atomic mass is 9.88. The third kappa shape index (κ3) is 2.79. The van der Waals surface area contributed by atoms with Crippen molar-refractivity contribution in [3.05, 3.63) is 70.4 Å². The highest BCUT2D eigenvalue weighted by Crippen LogP contribution is 2.42. The van der Waals surface area contributed by atoms with Crippen molar-refractivity contribution in [2.45, 2.75) is 25.4 Å². The lowest BCUT2D eigenvalue weighted by Gasteiger charge is -2.40. The van der Waals surface area contributed by atoms with Crippen LogP contribution in [0.25, 0.3) is 10.9 Å². The molecule has 1 amide bonds. The Hall–Kier alpha value is -2.79. The van der Waals surface area contributed by atoms with E-state index in [1.165, 1.54) is 14.0 Å². The fourth-order valence-electron chi connectivity index (χ4n) is 4.02. The van der Waals surface area contributed by atoms with Gasteiger partial charge in [-0.25, -0.2) is 4.79 Å². The summed E-state index contributed by atoms with van der Waals surface area (Å²) in [5, 5.41) is 1.59. The maximum Gasteiger partial charge on any atom is 0.328 e. The lowest BCUT2D eigenvalue weighted by Crippen LogP contribution is -2.51. The monoisotopic (exact) mass is 382 g/mol. The molecule has 2 atom stereocenters. The molecule has 0 spiro atoms. The van der Waals surface area contributed by atoms with Gasteiger partial charge >= 0.3 is 5.97 Å². The number of esters is 1. The number of amides is 1. The predicted octanol–water partition coefficient (Wildman–Crippen LogP) is 3.86. The van der Waals surface area contributed by atoms with Gasteiger partial charge in [0.1, 0.15) is 6.04 Å². The van der Waals surface area contributed by atoms with Crippen molar-refractivity contribution in [3.63, 3.8) is 0 Å². The molecule has 5 nitrogen and oxygen atoms in total. The number of nitrogens with zero attached hydrogens (tertiary/aromatic N) is 1. The number of H-pyrrole nitrogens is 1. The summed E-state index contributed by atoms with van der Waals surface area (Å²) in [6, 6.07) is 14.1. The molecule has 2 unspecified atom stereocenters. The second-order valence-corrected chi connectivity index (χ2v) is 7.06. The molecule has 3 aromatic rings. The second-order valence-electron chi connectivity index (χ2n) is 6.66. The molecule has 0 radical (unpaired) electrons. The number of carbonyl (C=O) groups is 2. The number of fused-ring (bicyclic) bond motifs is 3. The number of nitrogens with one attached hydrogen (secondary N) is 1. The van der Waals surface area contributed by atoms with Crippen molar-refractivity contribution in [1.82, 2.24) is 9.88 Å². The van der Waals surface area contributed by atoms with E-state index in [0.717, 1.165) is 27.7 Å². The predicted molar refractivity (Wildman–Crippen MR) is 104 cm³/mol.